The van der Waals surface area contributed by atoms with Crippen molar-refractivity contribution >= 4 is 21.6 Å². The highest BCUT2D eigenvalue weighted by molar-refractivity contribution is 7.84. The Morgan fingerprint density at radius 1 is 1.12 bits per heavy atom. The predicted molar refractivity (Wildman–Crippen MR) is 96.7 cm³/mol. The molecular formula is C19H19NO3S. The van der Waals surface area contributed by atoms with Crippen LogP contribution in [0, 0.1) is 0 Å². The van der Waals surface area contributed by atoms with E-state index >= 15 is 0 Å². The lowest BCUT2D eigenvalue weighted by Gasteiger charge is -2.28. The van der Waals surface area contributed by atoms with E-state index in [1.807, 2.05) is 30.3 Å². The van der Waals surface area contributed by atoms with E-state index < -0.39 is 16.4 Å². The molecule has 2 atom stereocenters. The van der Waals surface area contributed by atoms with Gasteiger partial charge in [0.15, 0.2) is 0 Å². The van der Waals surface area contributed by atoms with E-state index in [0.29, 0.717) is 17.0 Å². The first-order chi connectivity index (χ1) is 11.5. The van der Waals surface area contributed by atoms with Crippen molar-refractivity contribution in [2.75, 3.05) is 19.1 Å². The largest absolute Gasteiger partial charge is 0.497 e. The van der Waals surface area contributed by atoms with Crippen LogP contribution in [-0.4, -0.2) is 33.4 Å². The Morgan fingerprint density at radius 2 is 1.83 bits per heavy atom. The Hall–Kier alpha value is -2.24. The Labute approximate surface area is 143 Å². The normalized spacial score (nSPS) is 15.0. The first-order valence-electron chi connectivity index (χ1n) is 7.56. The van der Waals surface area contributed by atoms with Gasteiger partial charge in [0.1, 0.15) is 11.4 Å². The van der Waals surface area contributed by atoms with Crippen LogP contribution in [0.4, 0.5) is 0 Å². The van der Waals surface area contributed by atoms with Crippen LogP contribution in [0.15, 0.2) is 60.8 Å². The molecule has 3 aromatic rings. The standard InChI is InChI=1S/C19H19NO3S/c1-23-16-9-7-15(8-10-16)19(21,13-24(2)22)18-17-6-4-3-5-14(17)11-12-20-18/h3-12,21H,13H2,1-2H3. The van der Waals surface area contributed by atoms with Crippen LogP contribution < -0.4 is 4.74 Å². The summed E-state index contributed by atoms with van der Waals surface area (Å²) in [5, 5.41) is 13.3. The summed E-state index contributed by atoms with van der Waals surface area (Å²) < 4.78 is 17.1. The molecule has 5 heteroatoms. The number of benzene rings is 2. The fourth-order valence-corrected chi connectivity index (χ4v) is 3.79. The molecule has 2 aromatic carbocycles. The van der Waals surface area contributed by atoms with Crippen molar-refractivity contribution in [1.82, 2.24) is 4.98 Å². The van der Waals surface area contributed by atoms with E-state index in [9.17, 15) is 9.32 Å². The number of nitrogens with zero attached hydrogens (tertiary/aromatic N) is 1. The second-order valence-corrected chi connectivity index (χ2v) is 7.12. The number of ether oxygens (including phenoxy) is 1. The van der Waals surface area contributed by atoms with Gasteiger partial charge in [0.05, 0.1) is 18.6 Å². The van der Waals surface area contributed by atoms with E-state index in [4.69, 9.17) is 4.74 Å². The SMILES string of the molecule is COc1ccc(C(O)(CS(C)=O)c2nccc3ccccc23)cc1. The number of fused-ring (bicyclic) bond motifs is 1. The zero-order valence-corrected chi connectivity index (χ0v) is 14.4. The molecule has 0 saturated heterocycles. The van der Waals surface area contributed by atoms with E-state index in [-0.39, 0.29) is 5.75 Å². The Bertz CT molecular complexity index is 874. The fourth-order valence-electron chi connectivity index (χ4n) is 2.90. The van der Waals surface area contributed by atoms with Crippen molar-refractivity contribution in [2.45, 2.75) is 5.60 Å². The Morgan fingerprint density at radius 3 is 2.50 bits per heavy atom. The molecular weight excluding hydrogens is 322 g/mol. The third-order valence-electron chi connectivity index (χ3n) is 4.05. The summed E-state index contributed by atoms with van der Waals surface area (Å²) in [6.07, 6.45) is 3.25. The van der Waals surface area contributed by atoms with E-state index in [2.05, 4.69) is 4.98 Å². The number of rotatable bonds is 5. The van der Waals surface area contributed by atoms with Crippen LogP contribution in [0.1, 0.15) is 11.3 Å². The maximum atomic E-state index is 12.0. The minimum atomic E-state index is -1.44. The molecule has 124 valence electrons. The van der Waals surface area contributed by atoms with Gasteiger partial charge in [-0.3, -0.25) is 9.19 Å². The van der Waals surface area contributed by atoms with E-state index in [0.717, 1.165) is 10.8 Å². The molecule has 0 aliphatic rings. The fraction of sp³-hybridized carbons (Fsp3) is 0.211. The number of methoxy groups -OCH3 is 1. The third-order valence-corrected chi connectivity index (χ3v) is 4.87. The number of aliphatic hydroxyl groups is 1. The molecule has 1 N–H and O–H groups in total. The summed E-state index contributed by atoms with van der Waals surface area (Å²) in [5.41, 5.74) is -0.282. The minimum absolute atomic E-state index is 0.0698. The van der Waals surface area contributed by atoms with Gasteiger partial charge in [-0.2, -0.15) is 0 Å². The van der Waals surface area contributed by atoms with Gasteiger partial charge in [-0.05, 0) is 29.1 Å². The predicted octanol–water partition coefficient (Wildman–Crippen LogP) is 2.86. The van der Waals surface area contributed by atoms with Gasteiger partial charge < -0.3 is 9.84 Å². The molecule has 0 radical (unpaired) electrons. The molecule has 0 fully saturated rings. The van der Waals surface area contributed by atoms with Crippen molar-refractivity contribution in [3.8, 4) is 5.75 Å². The van der Waals surface area contributed by atoms with Crippen molar-refractivity contribution in [3.63, 3.8) is 0 Å². The molecule has 3 rings (SSSR count). The van der Waals surface area contributed by atoms with E-state index in [1.165, 1.54) is 0 Å². The first kappa shape index (κ1) is 16.6. The maximum Gasteiger partial charge on any atom is 0.143 e. The molecule has 2 unspecified atom stereocenters. The summed E-state index contributed by atoms with van der Waals surface area (Å²) in [4.78, 5) is 4.44. The Kier molecular flexibility index (Phi) is 4.64. The van der Waals surface area contributed by atoms with Crippen molar-refractivity contribution in [1.29, 1.82) is 0 Å². The van der Waals surface area contributed by atoms with Gasteiger partial charge in [0, 0.05) is 28.6 Å². The van der Waals surface area contributed by atoms with Crippen molar-refractivity contribution in [3.05, 3.63) is 72.1 Å². The molecule has 0 amide bonds. The summed E-state index contributed by atoms with van der Waals surface area (Å²) in [7, 11) is 0.385. The van der Waals surface area contributed by atoms with Gasteiger partial charge >= 0.3 is 0 Å². The average molecular weight is 341 g/mol. The van der Waals surface area contributed by atoms with Crippen molar-refractivity contribution in [2.24, 2.45) is 0 Å². The van der Waals surface area contributed by atoms with Crippen LogP contribution >= 0.6 is 0 Å². The number of pyridine rings is 1. The van der Waals surface area contributed by atoms with Crippen LogP contribution in [0.2, 0.25) is 0 Å². The molecule has 0 saturated carbocycles. The monoisotopic (exact) mass is 341 g/mol. The van der Waals surface area contributed by atoms with Gasteiger partial charge in [-0.15, -0.1) is 0 Å². The van der Waals surface area contributed by atoms with Gasteiger partial charge in [-0.25, -0.2) is 0 Å². The smallest absolute Gasteiger partial charge is 0.143 e. The van der Waals surface area contributed by atoms with Gasteiger partial charge in [0.25, 0.3) is 0 Å². The number of hydrogen-bond acceptors (Lipinski definition) is 4. The van der Waals surface area contributed by atoms with Crippen LogP contribution in [-0.2, 0) is 16.4 Å². The highest BCUT2D eigenvalue weighted by Crippen LogP contribution is 2.34. The second kappa shape index (κ2) is 6.71. The highest BCUT2D eigenvalue weighted by atomic mass is 32.2. The lowest BCUT2D eigenvalue weighted by molar-refractivity contribution is 0.103. The Balaban J connectivity index is 2.22. The zero-order valence-electron chi connectivity index (χ0n) is 13.6. The van der Waals surface area contributed by atoms with Crippen LogP contribution in [0.3, 0.4) is 0 Å². The molecule has 1 aromatic heterocycles. The highest BCUT2D eigenvalue weighted by Gasteiger charge is 2.36. The first-order valence-corrected chi connectivity index (χ1v) is 9.28. The average Bonchev–Trinajstić information content (AvgIpc) is 2.60. The van der Waals surface area contributed by atoms with Gasteiger partial charge in [-0.1, -0.05) is 36.4 Å². The molecule has 1 heterocycles. The maximum absolute atomic E-state index is 12.0. The third kappa shape index (κ3) is 3.05. The summed E-state index contributed by atoms with van der Waals surface area (Å²) in [6.45, 7) is 0. The lowest BCUT2D eigenvalue weighted by atomic mass is 9.89. The molecule has 0 aliphatic carbocycles. The lowest BCUT2D eigenvalue weighted by Crippen LogP contribution is -2.34. The number of aromatic nitrogens is 1. The molecule has 24 heavy (non-hydrogen) atoms. The molecule has 0 bridgehead atoms. The summed E-state index contributed by atoms with van der Waals surface area (Å²) in [6, 6.07) is 16.8. The quantitative estimate of drug-likeness (QED) is 0.775. The number of hydrogen-bond donors (Lipinski definition) is 1. The topological polar surface area (TPSA) is 59.4 Å². The van der Waals surface area contributed by atoms with Crippen LogP contribution in [0.25, 0.3) is 10.8 Å². The minimum Gasteiger partial charge on any atom is -0.497 e. The second-order valence-electron chi connectivity index (χ2n) is 5.69. The molecule has 0 spiro atoms. The molecule has 0 aliphatic heterocycles. The zero-order chi connectivity index (χ0) is 17.2. The summed E-state index contributed by atoms with van der Waals surface area (Å²) >= 11 is 0. The van der Waals surface area contributed by atoms with E-state index in [1.54, 1.807) is 43.8 Å². The van der Waals surface area contributed by atoms with Gasteiger partial charge in [0.2, 0.25) is 0 Å². The van der Waals surface area contributed by atoms with Crippen LogP contribution in [0.5, 0.6) is 5.75 Å². The van der Waals surface area contributed by atoms with Crippen molar-refractivity contribution < 1.29 is 14.1 Å². The molecule has 4 nitrogen and oxygen atoms in total. The summed E-state index contributed by atoms with van der Waals surface area (Å²) in [5.74, 6) is 0.768.